The van der Waals surface area contributed by atoms with Gasteiger partial charge in [-0.15, -0.1) is 0 Å². The molecule has 0 heterocycles. The van der Waals surface area contributed by atoms with Crippen LogP contribution in [-0.2, 0) is 9.47 Å². The van der Waals surface area contributed by atoms with Gasteiger partial charge in [0.15, 0.2) is 6.29 Å². The molecule has 2 aromatic rings. The SMILES string of the molecule is CCOC(OCC)C(c1ccccc1)C(C)c1ccccc1. The molecule has 2 aromatic carbocycles. The molecule has 0 saturated carbocycles. The summed E-state index contributed by atoms with van der Waals surface area (Å²) in [7, 11) is 0. The molecule has 0 spiro atoms. The van der Waals surface area contributed by atoms with Crippen molar-refractivity contribution in [3.8, 4) is 0 Å². The van der Waals surface area contributed by atoms with Crippen LogP contribution < -0.4 is 0 Å². The molecule has 118 valence electrons. The second kappa shape index (κ2) is 8.72. The van der Waals surface area contributed by atoms with E-state index in [4.69, 9.17) is 9.47 Å². The molecule has 0 saturated heterocycles. The van der Waals surface area contributed by atoms with Crippen LogP contribution in [0, 0.1) is 0 Å². The summed E-state index contributed by atoms with van der Waals surface area (Å²) in [6.07, 6.45) is -0.229. The lowest BCUT2D eigenvalue weighted by molar-refractivity contribution is -0.153. The maximum atomic E-state index is 5.92. The highest BCUT2D eigenvalue weighted by molar-refractivity contribution is 5.28. The topological polar surface area (TPSA) is 18.5 Å². The average Bonchev–Trinajstić information content (AvgIpc) is 2.57. The average molecular weight is 298 g/mol. The van der Waals surface area contributed by atoms with E-state index in [0.717, 1.165) is 0 Å². The summed E-state index contributed by atoms with van der Waals surface area (Å²) in [4.78, 5) is 0. The van der Waals surface area contributed by atoms with Crippen molar-refractivity contribution in [2.24, 2.45) is 0 Å². The molecule has 0 aliphatic rings. The zero-order valence-corrected chi connectivity index (χ0v) is 13.7. The first-order valence-corrected chi connectivity index (χ1v) is 8.11. The molecule has 0 bridgehead atoms. The smallest absolute Gasteiger partial charge is 0.164 e. The Balaban J connectivity index is 2.36. The Bertz CT molecular complexity index is 518. The lowest BCUT2D eigenvalue weighted by Gasteiger charge is -2.32. The third kappa shape index (κ3) is 4.19. The van der Waals surface area contributed by atoms with E-state index in [0.29, 0.717) is 19.1 Å². The standard InChI is InChI=1S/C20H26O2/c1-4-21-20(22-5-2)19(18-14-10-7-11-15-18)16(3)17-12-8-6-9-13-17/h6-16,19-20H,4-5H2,1-3H3. The van der Waals surface area contributed by atoms with Crippen molar-refractivity contribution in [3.63, 3.8) is 0 Å². The third-order valence-electron chi connectivity index (χ3n) is 4.00. The number of ether oxygens (including phenoxy) is 2. The maximum absolute atomic E-state index is 5.92. The minimum atomic E-state index is -0.229. The van der Waals surface area contributed by atoms with Crippen LogP contribution in [0.3, 0.4) is 0 Å². The van der Waals surface area contributed by atoms with Crippen molar-refractivity contribution in [3.05, 3.63) is 71.8 Å². The molecule has 2 atom stereocenters. The summed E-state index contributed by atoms with van der Waals surface area (Å²) >= 11 is 0. The predicted octanol–water partition coefficient (Wildman–Crippen LogP) is 4.97. The summed E-state index contributed by atoms with van der Waals surface area (Å²) in [5, 5.41) is 0. The number of hydrogen-bond acceptors (Lipinski definition) is 2. The fraction of sp³-hybridized carbons (Fsp3) is 0.400. The molecule has 2 unspecified atom stereocenters. The van der Waals surface area contributed by atoms with E-state index >= 15 is 0 Å². The molecule has 22 heavy (non-hydrogen) atoms. The van der Waals surface area contributed by atoms with Gasteiger partial charge in [0.2, 0.25) is 0 Å². The predicted molar refractivity (Wildman–Crippen MR) is 91.1 cm³/mol. The highest BCUT2D eigenvalue weighted by atomic mass is 16.7. The molecular formula is C20H26O2. The van der Waals surface area contributed by atoms with E-state index in [2.05, 4.69) is 61.5 Å². The first kappa shape index (κ1) is 16.7. The summed E-state index contributed by atoms with van der Waals surface area (Å²) in [5.41, 5.74) is 2.56. The van der Waals surface area contributed by atoms with Crippen LogP contribution in [0.2, 0.25) is 0 Å². The van der Waals surface area contributed by atoms with Crippen molar-refractivity contribution in [2.45, 2.75) is 38.9 Å². The van der Waals surface area contributed by atoms with E-state index in [1.54, 1.807) is 0 Å². The summed E-state index contributed by atoms with van der Waals surface area (Å²) in [6.45, 7) is 7.57. The summed E-state index contributed by atoms with van der Waals surface area (Å²) < 4.78 is 11.8. The molecule has 0 radical (unpaired) electrons. The zero-order chi connectivity index (χ0) is 15.8. The van der Waals surface area contributed by atoms with Gasteiger partial charge in [-0.1, -0.05) is 67.6 Å². The normalized spacial score (nSPS) is 14.0. The second-order valence-corrected chi connectivity index (χ2v) is 5.41. The minimum Gasteiger partial charge on any atom is -0.352 e. The van der Waals surface area contributed by atoms with Crippen molar-refractivity contribution in [1.82, 2.24) is 0 Å². The summed E-state index contributed by atoms with van der Waals surface area (Å²) in [6, 6.07) is 21.1. The lowest BCUT2D eigenvalue weighted by atomic mass is 9.82. The fourth-order valence-electron chi connectivity index (χ4n) is 2.90. The highest BCUT2D eigenvalue weighted by Gasteiger charge is 2.30. The Morgan fingerprint density at radius 1 is 0.727 bits per heavy atom. The van der Waals surface area contributed by atoms with Crippen LogP contribution in [-0.4, -0.2) is 19.5 Å². The van der Waals surface area contributed by atoms with Gasteiger partial charge in [-0.05, 0) is 30.9 Å². The second-order valence-electron chi connectivity index (χ2n) is 5.41. The van der Waals surface area contributed by atoms with Gasteiger partial charge < -0.3 is 9.47 Å². The number of hydrogen-bond donors (Lipinski definition) is 0. The Hall–Kier alpha value is -1.64. The van der Waals surface area contributed by atoms with Gasteiger partial charge in [0.25, 0.3) is 0 Å². The molecule has 2 heteroatoms. The van der Waals surface area contributed by atoms with Gasteiger partial charge in [0.1, 0.15) is 0 Å². The first-order chi connectivity index (χ1) is 10.8. The molecule has 0 fully saturated rings. The molecule has 0 aliphatic carbocycles. The van der Waals surface area contributed by atoms with Crippen LogP contribution in [0.5, 0.6) is 0 Å². The van der Waals surface area contributed by atoms with Gasteiger partial charge in [-0.25, -0.2) is 0 Å². The van der Waals surface area contributed by atoms with Crippen LogP contribution in [0.25, 0.3) is 0 Å². The van der Waals surface area contributed by atoms with Crippen molar-refractivity contribution in [1.29, 1.82) is 0 Å². The minimum absolute atomic E-state index is 0.170. The molecule has 2 rings (SSSR count). The van der Waals surface area contributed by atoms with E-state index < -0.39 is 0 Å². The van der Waals surface area contributed by atoms with Gasteiger partial charge in [-0.2, -0.15) is 0 Å². The van der Waals surface area contributed by atoms with E-state index in [1.807, 2.05) is 19.9 Å². The van der Waals surface area contributed by atoms with Gasteiger partial charge in [0.05, 0.1) is 0 Å². The molecular weight excluding hydrogens is 272 g/mol. The van der Waals surface area contributed by atoms with Gasteiger partial charge in [-0.3, -0.25) is 0 Å². The van der Waals surface area contributed by atoms with Crippen molar-refractivity contribution >= 4 is 0 Å². The van der Waals surface area contributed by atoms with Crippen LogP contribution >= 0.6 is 0 Å². The molecule has 2 nitrogen and oxygen atoms in total. The Morgan fingerprint density at radius 3 is 1.64 bits per heavy atom. The van der Waals surface area contributed by atoms with Gasteiger partial charge in [0, 0.05) is 19.1 Å². The van der Waals surface area contributed by atoms with Crippen LogP contribution in [0.4, 0.5) is 0 Å². The molecule has 0 aromatic heterocycles. The molecule has 0 N–H and O–H groups in total. The first-order valence-electron chi connectivity index (χ1n) is 8.11. The molecule has 0 aliphatic heterocycles. The Morgan fingerprint density at radius 2 is 1.18 bits per heavy atom. The van der Waals surface area contributed by atoms with Crippen LogP contribution in [0.15, 0.2) is 60.7 Å². The quantitative estimate of drug-likeness (QED) is 0.640. The number of rotatable bonds is 8. The van der Waals surface area contributed by atoms with Crippen molar-refractivity contribution < 1.29 is 9.47 Å². The van der Waals surface area contributed by atoms with E-state index in [1.165, 1.54) is 11.1 Å². The zero-order valence-electron chi connectivity index (χ0n) is 13.7. The third-order valence-corrected chi connectivity index (χ3v) is 4.00. The Labute approximate surface area is 134 Å². The van der Waals surface area contributed by atoms with Gasteiger partial charge >= 0.3 is 0 Å². The maximum Gasteiger partial charge on any atom is 0.164 e. The summed E-state index contributed by atoms with van der Waals surface area (Å²) in [5.74, 6) is 0.482. The van der Waals surface area contributed by atoms with Crippen molar-refractivity contribution in [2.75, 3.05) is 13.2 Å². The largest absolute Gasteiger partial charge is 0.352 e. The number of benzene rings is 2. The molecule has 0 amide bonds. The highest BCUT2D eigenvalue weighted by Crippen LogP contribution is 2.37. The Kier molecular flexibility index (Phi) is 6.63. The fourth-order valence-corrected chi connectivity index (χ4v) is 2.90. The lowest BCUT2D eigenvalue weighted by Crippen LogP contribution is -2.29. The van der Waals surface area contributed by atoms with Crippen LogP contribution in [0.1, 0.15) is 43.7 Å². The van der Waals surface area contributed by atoms with E-state index in [-0.39, 0.29) is 12.2 Å². The van der Waals surface area contributed by atoms with E-state index in [9.17, 15) is 0 Å². The monoisotopic (exact) mass is 298 g/mol.